The number of anilines is 1. The maximum Gasteiger partial charge on any atom is 0.263 e. The van der Waals surface area contributed by atoms with Crippen molar-refractivity contribution in [3.8, 4) is 16.9 Å². The molecule has 0 saturated heterocycles. The van der Waals surface area contributed by atoms with Gasteiger partial charge in [-0.3, -0.25) is 14.2 Å². The molecule has 31 heavy (non-hydrogen) atoms. The molecular formula is C24H23N3O3S. The quantitative estimate of drug-likeness (QED) is 0.483. The number of hydrogen-bond acceptors (Lipinski definition) is 5. The summed E-state index contributed by atoms with van der Waals surface area (Å²) in [6, 6.07) is 14.4. The van der Waals surface area contributed by atoms with Crippen molar-refractivity contribution in [3.63, 3.8) is 0 Å². The van der Waals surface area contributed by atoms with E-state index in [1.165, 1.54) is 15.9 Å². The van der Waals surface area contributed by atoms with Gasteiger partial charge in [0.2, 0.25) is 5.91 Å². The zero-order valence-corrected chi connectivity index (χ0v) is 18.6. The Bertz CT molecular complexity index is 1320. The van der Waals surface area contributed by atoms with Crippen LogP contribution < -0.4 is 15.6 Å². The lowest BCUT2D eigenvalue weighted by atomic mass is 10.1. The Kier molecular flexibility index (Phi) is 5.61. The SMILES string of the molecule is COc1ccc(-c2csc3nc(C)n(C(C)C(=O)Nc4ccccc4C)c(=O)c23)cc1. The van der Waals surface area contributed by atoms with Gasteiger partial charge in [-0.1, -0.05) is 30.3 Å². The number of ether oxygens (including phenoxy) is 1. The lowest BCUT2D eigenvalue weighted by Gasteiger charge is -2.18. The van der Waals surface area contributed by atoms with Crippen molar-refractivity contribution in [2.75, 3.05) is 12.4 Å². The Morgan fingerprint density at radius 3 is 2.52 bits per heavy atom. The first-order valence-corrected chi connectivity index (χ1v) is 10.8. The fourth-order valence-electron chi connectivity index (χ4n) is 3.61. The number of hydrogen-bond donors (Lipinski definition) is 1. The number of nitrogens with one attached hydrogen (secondary N) is 1. The number of benzene rings is 2. The second-order valence-electron chi connectivity index (χ2n) is 7.37. The second-order valence-corrected chi connectivity index (χ2v) is 8.23. The van der Waals surface area contributed by atoms with Crippen LogP contribution in [-0.2, 0) is 4.79 Å². The molecule has 0 aliphatic heterocycles. The fraction of sp³-hybridized carbons (Fsp3) is 0.208. The molecule has 1 unspecified atom stereocenters. The van der Waals surface area contributed by atoms with Crippen molar-refractivity contribution in [1.29, 1.82) is 0 Å². The van der Waals surface area contributed by atoms with Gasteiger partial charge in [-0.25, -0.2) is 4.98 Å². The number of fused-ring (bicyclic) bond motifs is 1. The van der Waals surface area contributed by atoms with Crippen molar-refractivity contribution in [2.24, 2.45) is 0 Å². The number of rotatable bonds is 5. The Balaban J connectivity index is 1.76. The van der Waals surface area contributed by atoms with Crippen LogP contribution in [0.15, 0.2) is 58.7 Å². The summed E-state index contributed by atoms with van der Waals surface area (Å²) in [5, 5.41) is 5.38. The molecule has 1 amide bonds. The van der Waals surface area contributed by atoms with Crippen molar-refractivity contribution >= 4 is 33.1 Å². The summed E-state index contributed by atoms with van der Waals surface area (Å²) in [4.78, 5) is 31.8. The van der Waals surface area contributed by atoms with Gasteiger partial charge >= 0.3 is 0 Å². The highest BCUT2D eigenvalue weighted by Crippen LogP contribution is 2.32. The average Bonchev–Trinajstić information content (AvgIpc) is 3.19. The zero-order valence-electron chi connectivity index (χ0n) is 17.8. The minimum atomic E-state index is -0.715. The Morgan fingerprint density at radius 1 is 1.13 bits per heavy atom. The van der Waals surface area contributed by atoms with Crippen LogP contribution in [0.3, 0.4) is 0 Å². The van der Waals surface area contributed by atoms with Gasteiger partial charge in [0.15, 0.2) is 0 Å². The molecule has 2 heterocycles. The molecule has 4 aromatic rings. The number of para-hydroxylation sites is 1. The summed E-state index contributed by atoms with van der Waals surface area (Å²) in [7, 11) is 1.61. The molecule has 2 aromatic heterocycles. The lowest BCUT2D eigenvalue weighted by molar-refractivity contribution is -0.118. The van der Waals surface area contributed by atoms with Crippen molar-refractivity contribution in [1.82, 2.24) is 9.55 Å². The van der Waals surface area contributed by atoms with E-state index in [4.69, 9.17) is 4.74 Å². The third-order valence-electron chi connectivity index (χ3n) is 5.39. The number of nitrogens with zero attached hydrogens (tertiary/aromatic N) is 2. The number of amides is 1. The van der Waals surface area contributed by atoms with E-state index in [9.17, 15) is 9.59 Å². The van der Waals surface area contributed by atoms with Crippen LogP contribution in [0.25, 0.3) is 21.3 Å². The maximum atomic E-state index is 13.5. The maximum absolute atomic E-state index is 13.5. The topological polar surface area (TPSA) is 73.2 Å². The second kappa shape index (κ2) is 8.35. The van der Waals surface area contributed by atoms with E-state index in [2.05, 4.69) is 10.3 Å². The molecule has 2 aromatic carbocycles. The minimum Gasteiger partial charge on any atom is -0.497 e. The van der Waals surface area contributed by atoms with E-state index in [-0.39, 0.29) is 11.5 Å². The fourth-order valence-corrected chi connectivity index (χ4v) is 4.59. The van der Waals surface area contributed by atoms with Gasteiger partial charge in [-0.05, 0) is 50.1 Å². The van der Waals surface area contributed by atoms with Crippen molar-refractivity contribution < 1.29 is 9.53 Å². The average molecular weight is 434 g/mol. The lowest BCUT2D eigenvalue weighted by Crippen LogP contribution is -2.33. The highest BCUT2D eigenvalue weighted by Gasteiger charge is 2.23. The number of aromatic nitrogens is 2. The Morgan fingerprint density at radius 2 is 1.84 bits per heavy atom. The smallest absolute Gasteiger partial charge is 0.263 e. The van der Waals surface area contributed by atoms with Crippen LogP contribution in [0.4, 0.5) is 5.69 Å². The van der Waals surface area contributed by atoms with Gasteiger partial charge in [0.1, 0.15) is 22.4 Å². The monoisotopic (exact) mass is 433 g/mol. The third-order valence-corrected chi connectivity index (χ3v) is 6.26. The number of carbonyl (C=O) groups excluding carboxylic acids is 1. The zero-order chi connectivity index (χ0) is 22.1. The molecule has 0 saturated carbocycles. The Hall–Kier alpha value is -3.45. The minimum absolute atomic E-state index is 0.220. The summed E-state index contributed by atoms with van der Waals surface area (Å²) < 4.78 is 6.70. The highest BCUT2D eigenvalue weighted by atomic mass is 32.1. The molecule has 0 aliphatic rings. The van der Waals surface area contributed by atoms with E-state index < -0.39 is 6.04 Å². The number of carbonyl (C=O) groups is 1. The van der Waals surface area contributed by atoms with Crippen LogP contribution in [0.5, 0.6) is 5.75 Å². The third kappa shape index (κ3) is 3.84. The Labute approximate surface area is 184 Å². The van der Waals surface area contributed by atoms with E-state index in [1.54, 1.807) is 21.0 Å². The van der Waals surface area contributed by atoms with Gasteiger partial charge in [-0.15, -0.1) is 11.3 Å². The van der Waals surface area contributed by atoms with E-state index >= 15 is 0 Å². The normalized spacial score (nSPS) is 12.0. The first-order chi connectivity index (χ1) is 14.9. The predicted octanol–water partition coefficient (Wildman–Crippen LogP) is 4.95. The molecule has 1 atom stereocenters. The highest BCUT2D eigenvalue weighted by molar-refractivity contribution is 7.17. The van der Waals surface area contributed by atoms with Gasteiger partial charge in [0, 0.05) is 16.6 Å². The standard InChI is InChI=1S/C24H23N3O3S/c1-14-7-5-6-8-20(14)26-22(28)15(2)27-16(3)25-23-21(24(27)29)19(13-31-23)17-9-11-18(30-4)12-10-17/h5-13,15H,1-4H3,(H,26,28). The molecule has 6 nitrogen and oxygen atoms in total. The molecule has 0 aliphatic carbocycles. The summed E-state index contributed by atoms with van der Waals surface area (Å²) in [6.45, 7) is 5.40. The van der Waals surface area contributed by atoms with E-state index in [0.29, 0.717) is 16.0 Å². The molecule has 0 bridgehead atoms. The van der Waals surface area contributed by atoms with Crippen LogP contribution in [0, 0.1) is 13.8 Å². The molecule has 0 spiro atoms. The van der Waals surface area contributed by atoms with Crippen LogP contribution >= 0.6 is 11.3 Å². The molecule has 0 radical (unpaired) electrons. The molecule has 1 N–H and O–H groups in total. The first-order valence-electron chi connectivity index (χ1n) is 9.92. The van der Waals surface area contributed by atoms with E-state index in [0.717, 1.165) is 28.1 Å². The van der Waals surface area contributed by atoms with Crippen molar-refractivity contribution in [3.05, 3.63) is 75.7 Å². The van der Waals surface area contributed by atoms with Gasteiger partial charge < -0.3 is 10.1 Å². The number of methoxy groups -OCH3 is 1. The predicted molar refractivity (Wildman–Crippen MR) is 125 cm³/mol. The van der Waals surface area contributed by atoms with Crippen LogP contribution in [0.1, 0.15) is 24.4 Å². The molecule has 4 rings (SSSR count). The molecule has 0 fully saturated rings. The summed E-state index contributed by atoms with van der Waals surface area (Å²) >= 11 is 1.42. The molecular weight excluding hydrogens is 410 g/mol. The number of thiophene rings is 1. The summed E-state index contributed by atoms with van der Waals surface area (Å²) in [6.07, 6.45) is 0. The van der Waals surface area contributed by atoms with E-state index in [1.807, 2.05) is 60.8 Å². The van der Waals surface area contributed by atoms with Gasteiger partial charge in [-0.2, -0.15) is 0 Å². The van der Waals surface area contributed by atoms with Crippen LogP contribution in [0.2, 0.25) is 0 Å². The van der Waals surface area contributed by atoms with Crippen LogP contribution in [-0.4, -0.2) is 22.6 Å². The summed E-state index contributed by atoms with van der Waals surface area (Å²) in [5.74, 6) is 0.992. The molecule has 7 heteroatoms. The van der Waals surface area contributed by atoms with Gasteiger partial charge in [0.05, 0.1) is 12.5 Å². The molecule has 158 valence electrons. The largest absolute Gasteiger partial charge is 0.497 e. The number of aryl methyl sites for hydroxylation is 2. The summed E-state index contributed by atoms with van der Waals surface area (Å²) in [5.41, 5.74) is 3.18. The first kappa shape index (κ1) is 20.8. The van der Waals surface area contributed by atoms with Gasteiger partial charge in [0.25, 0.3) is 5.56 Å². The van der Waals surface area contributed by atoms with Crippen molar-refractivity contribution in [2.45, 2.75) is 26.8 Å².